The van der Waals surface area contributed by atoms with Gasteiger partial charge in [-0.1, -0.05) is 0 Å². The van der Waals surface area contributed by atoms with Gasteiger partial charge in [-0.2, -0.15) is 5.10 Å². The Hall–Kier alpha value is -1.89. The summed E-state index contributed by atoms with van der Waals surface area (Å²) in [7, 11) is 0. The highest BCUT2D eigenvalue weighted by atomic mass is 16.5. The van der Waals surface area contributed by atoms with Gasteiger partial charge >= 0.3 is 0 Å². The molecule has 2 aliphatic rings. The molecule has 0 atom stereocenters. The molecule has 2 fully saturated rings. The van der Waals surface area contributed by atoms with E-state index in [-0.39, 0.29) is 17.7 Å². The van der Waals surface area contributed by atoms with Crippen LogP contribution in [0.5, 0.6) is 0 Å². The Labute approximate surface area is 136 Å². The van der Waals surface area contributed by atoms with E-state index in [1.54, 1.807) is 18.0 Å². The molecule has 3 heterocycles. The van der Waals surface area contributed by atoms with Crippen LogP contribution in [0.1, 0.15) is 38.6 Å². The summed E-state index contributed by atoms with van der Waals surface area (Å²) in [5, 5.41) is 7.33. The molecule has 1 aromatic rings. The molecule has 2 saturated heterocycles. The number of anilines is 1. The fraction of sp³-hybridized carbons (Fsp3) is 0.688. The number of hydrogen-bond acceptors (Lipinski definition) is 4. The minimum absolute atomic E-state index is 0.0275. The highest BCUT2D eigenvalue weighted by molar-refractivity contribution is 5.92. The average molecular weight is 320 g/mol. The van der Waals surface area contributed by atoms with Gasteiger partial charge in [0, 0.05) is 45.3 Å². The van der Waals surface area contributed by atoms with Gasteiger partial charge in [-0.15, -0.1) is 0 Å². The van der Waals surface area contributed by atoms with Crippen molar-refractivity contribution in [3.8, 4) is 0 Å². The molecule has 23 heavy (non-hydrogen) atoms. The molecule has 2 amide bonds. The van der Waals surface area contributed by atoms with Crippen LogP contribution in [0.2, 0.25) is 0 Å². The Bertz CT molecular complexity index is 557. The molecule has 0 saturated carbocycles. The smallest absolute Gasteiger partial charge is 0.227 e. The molecule has 0 radical (unpaired) electrons. The highest BCUT2D eigenvalue weighted by Gasteiger charge is 2.26. The zero-order valence-electron chi connectivity index (χ0n) is 13.5. The Balaban J connectivity index is 1.52. The van der Waals surface area contributed by atoms with Crippen LogP contribution in [0.15, 0.2) is 12.4 Å². The lowest BCUT2D eigenvalue weighted by Gasteiger charge is -2.30. The third kappa shape index (κ3) is 3.90. The number of rotatable bonds is 3. The highest BCUT2D eigenvalue weighted by Crippen LogP contribution is 2.23. The minimum Gasteiger partial charge on any atom is -0.381 e. The van der Waals surface area contributed by atoms with Gasteiger partial charge in [0.1, 0.15) is 0 Å². The van der Waals surface area contributed by atoms with Gasteiger partial charge in [-0.05, 0) is 25.7 Å². The summed E-state index contributed by atoms with van der Waals surface area (Å²) in [6.45, 7) is 4.43. The third-order valence-corrected chi connectivity index (χ3v) is 4.75. The fourth-order valence-corrected chi connectivity index (χ4v) is 3.25. The predicted molar refractivity (Wildman–Crippen MR) is 84.9 cm³/mol. The van der Waals surface area contributed by atoms with Crippen LogP contribution >= 0.6 is 0 Å². The number of carbonyl (C=O) groups is 2. The van der Waals surface area contributed by atoms with Crippen LogP contribution in [0, 0.1) is 5.92 Å². The van der Waals surface area contributed by atoms with Gasteiger partial charge in [0.2, 0.25) is 11.8 Å². The van der Waals surface area contributed by atoms with Gasteiger partial charge in [0.05, 0.1) is 17.9 Å². The molecule has 0 aliphatic carbocycles. The number of aromatic nitrogens is 2. The summed E-state index contributed by atoms with van der Waals surface area (Å²) >= 11 is 0. The van der Waals surface area contributed by atoms with Crippen LogP contribution in [-0.4, -0.2) is 52.8 Å². The molecular formula is C16H24N4O3. The molecule has 126 valence electrons. The van der Waals surface area contributed by atoms with E-state index in [0.717, 1.165) is 44.6 Å². The lowest BCUT2D eigenvalue weighted by molar-refractivity contribution is -0.132. The standard InChI is InChI=1S/C16H24N4O3/c1-12(21)19-6-2-13(3-7-19)16(22)18-14-10-17-20(11-14)15-4-8-23-9-5-15/h10-11,13,15H,2-9H2,1H3,(H,18,22). The number of piperidine rings is 1. The maximum atomic E-state index is 12.4. The third-order valence-electron chi connectivity index (χ3n) is 4.75. The summed E-state index contributed by atoms with van der Waals surface area (Å²) in [4.78, 5) is 25.5. The summed E-state index contributed by atoms with van der Waals surface area (Å²) in [5.41, 5.74) is 0.746. The first-order chi connectivity index (χ1) is 11.1. The number of nitrogens with one attached hydrogen (secondary N) is 1. The second-order valence-corrected chi connectivity index (χ2v) is 6.32. The van der Waals surface area contributed by atoms with Crippen LogP contribution in [0.3, 0.4) is 0 Å². The van der Waals surface area contributed by atoms with E-state index >= 15 is 0 Å². The van der Waals surface area contributed by atoms with Gasteiger partial charge in [0.15, 0.2) is 0 Å². The van der Waals surface area contributed by atoms with Crippen molar-refractivity contribution in [2.75, 3.05) is 31.6 Å². The van der Waals surface area contributed by atoms with E-state index in [9.17, 15) is 9.59 Å². The summed E-state index contributed by atoms with van der Waals surface area (Å²) in [5.74, 6) is 0.0818. The first-order valence-corrected chi connectivity index (χ1v) is 8.32. The number of hydrogen-bond donors (Lipinski definition) is 1. The molecule has 2 aliphatic heterocycles. The van der Waals surface area contributed by atoms with Crippen molar-refractivity contribution in [2.45, 2.75) is 38.6 Å². The SMILES string of the molecule is CC(=O)N1CCC(C(=O)Nc2cnn(C3CCOCC3)c2)CC1. The van der Waals surface area contributed by atoms with E-state index in [1.165, 1.54) is 0 Å². The monoisotopic (exact) mass is 320 g/mol. The molecule has 0 aromatic carbocycles. The van der Waals surface area contributed by atoms with Crippen molar-refractivity contribution in [1.29, 1.82) is 0 Å². The first kappa shape index (κ1) is 16.0. The molecule has 0 bridgehead atoms. The predicted octanol–water partition coefficient (Wildman–Crippen LogP) is 1.43. The molecule has 1 aromatic heterocycles. The Morgan fingerprint density at radius 1 is 1.22 bits per heavy atom. The molecule has 3 rings (SSSR count). The molecular weight excluding hydrogens is 296 g/mol. The van der Waals surface area contributed by atoms with Gasteiger partial charge in [-0.25, -0.2) is 0 Å². The topological polar surface area (TPSA) is 76.5 Å². The number of likely N-dealkylation sites (tertiary alicyclic amines) is 1. The van der Waals surface area contributed by atoms with Crippen molar-refractivity contribution in [2.24, 2.45) is 5.92 Å². The van der Waals surface area contributed by atoms with Crippen molar-refractivity contribution in [3.63, 3.8) is 0 Å². The normalized spacial score (nSPS) is 20.5. The fourth-order valence-electron chi connectivity index (χ4n) is 3.25. The van der Waals surface area contributed by atoms with Crippen molar-refractivity contribution < 1.29 is 14.3 Å². The van der Waals surface area contributed by atoms with Crippen LogP contribution in [0.25, 0.3) is 0 Å². The second-order valence-electron chi connectivity index (χ2n) is 6.32. The number of amides is 2. The summed E-state index contributed by atoms with van der Waals surface area (Å²) in [6, 6.07) is 0.355. The number of ether oxygens (including phenoxy) is 1. The van der Waals surface area contributed by atoms with E-state index in [4.69, 9.17) is 4.74 Å². The zero-order chi connectivity index (χ0) is 16.2. The van der Waals surface area contributed by atoms with Gasteiger partial charge in [-0.3, -0.25) is 14.3 Å². The Morgan fingerprint density at radius 3 is 2.57 bits per heavy atom. The molecule has 7 heteroatoms. The lowest BCUT2D eigenvalue weighted by Crippen LogP contribution is -2.40. The van der Waals surface area contributed by atoms with E-state index in [2.05, 4.69) is 10.4 Å². The average Bonchev–Trinajstić information content (AvgIpc) is 3.04. The van der Waals surface area contributed by atoms with Gasteiger partial charge < -0.3 is 15.0 Å². The quantitative estimate of drug-likeness (QED) is 0.914. The number of nitrogens with zero attached hydrogens (tertiary/aromatic N) is 3. The maximum absolute atomic E-state index is 12.4. The summed E-state index contributed by atoms with van der Waals surface area (Å²) < 4.78 is 7.29. The summed E-state index contributed by atoms with van der Waals surface area (Å²) in [6.07, 6.45) is 6.97. The van der Waals surface area contributed by atoms with Gasteiger partial charge in [0.25, 0.3) is 0 Å². The van der Waals surface area contributed by atoms with Crippen molar-refractivity contribution >= 4 is 17.5 Å². The minimum atomic E-state index is -0.0305. The molecule has 7 nitrogen and oxygen atoms in total. The van der Waals surface area contributed by atoms with E-state index < -0.39 is 0 Å². The first-order valence-electron chi connectivity index (χ1n) is 8.32. The molecule has 0 spiro atoms. The van der Waals surface area contributed by atoms with Crippen LogP contribution < -0.4 is 5.32 Å². The van der Waals surface area contributed by atoms with Crippen LogP contribution in [0.4, 0.5) is 5.69 Å². The largest absolute Gasteiger partial charge is 0.381 e. The van der Waals surface area contributed by atoms with E-state index in [0.29, 0.717) is 19.1 Å². The van der Waals surface area contributed by atoms with Crippen LogP contribution in [-0.2, 0) is 14.3 Å². The Kier molecular flexibility index (Phi) is 4.95. The van der Waals surface area contributed by atoms with Crippen molar-refractivity contribution in [3.05, 3.63) is 12.4 Å². The lowest BCUT2D eigenvalue weighted by atomic mass is 9.96. The second kappa shape index (κ2) is 7.12. The molecule has 1 N–H and O–H groups in total. The maximum Gasteiger partial charge on any atom is 0.227 e. The zero-order valence-corrected chi connectivity index (χ0v) is 13.5. The van der Waals surface area contributed by atoms with E-state index in [1.807, 2.05) is 10.9 Å². The number of carbonyl (C=O) groups excluding carboxylic acids is 2. The van der Waals surface area contributed by atoms with Crippen molar-refractivity contribution in [1.82, 2.24) is 14.7 Å². The molecule has 0 unspecified atom stereocenters. The Morgan fingerprint density at radius 2 is 1.91 bits per heavy atom.